The monoisotopic (exact) mass is 315 g/mol. The molecule has 1 amide bonds. The van der Waals surface area contributed by atoms with Gasteiger partial charge in [-0.3, -0.25) is 4.79 Å². The summed E-state index contributed by atoms with van der Waals surface area (Å²) < 4.78 is 0. The zero-order chi connectivity index (χ0) is 16.0. The maximum atomic E-state index is 12.4. The van der Waals surface area contributed by atoms with Crippen molar-refractivity contribution in [3.05, 3.63) is 18.1 Å². The molecule has 0 spiro atoms. The van der Waals surface area contributed by atoms with Crippen molar-refractivity contribution in [1.29, 1.82) is 0 Å². The van der Waals surface area contributed by atoms with Crippen molar-refractivity contribution in [2.45, 2.75) is 25.3 Å². The molecule has 0 aromatic carbocycles. The maximum Gasteiger partial charge on any atom is 0.352 e. The van der Waals surface area contributed by atoms with E-state index in [1.165, 1.54) is 12.4 Å². The minimum Gasteiger partial charge on any atom is -0.477 e. The lowest BCUT2D eigenvalue weighted by molar-refractivity contribution is -0.135. The van der Waals surface area contributed by atoms with E-state index in [9.17, 15) is 9.59 Å². The molecule has 4 rings (SSSR count). The topological polar surface area (TPSA) is 102 Å². The molecule has 8 nitrogen and oxygen atoms in total. The molecule has 0 aliphatic carbocycles. The number of carboxylic acids is 1. The van der Waals surface area contributed by atoms with Gasteiger partial charge in [-0.25, -0.2) is 14.8 Å². The number of anilines is 1. The van der Waals surface area contributed by atoms with E-state index in [-0.39, 0.29) is 24.2 Å². The predicted octanol–water partition coefficient (Wildman–Crippen LogP) is 0.857. The normalized spacial score (nSPS) is 21.6. The third-order valence-corrected chi connectivity index (χ3v) is 4.64. The molecule has 4 heterocycles. The molecule has 1 unspecified atom stereocenters. The maximum absolute atomic E-state index is 12.4. The van der Waals surface area contributed by atoms with Crippen LogP contribution in [0.3, 0.4) is 0 Å². The molecule has 2 saturated heterocycles. The molecule has 2 fully saturated rings. The Bertz CT molecular complexity index is 787. The van der Waals surface area contributed by atoms with Gasteiger partial charge in [0.05, 0.1) is 11.9 Å². The molecule has 2 aromatic rings. The number of H-pyrrole nitrogens is 1. The van der Waals surface area contributed by atoms with E-state index >= 15 is 0 Å². The van der Waals surface area contributed by atoms with Crippen LogP contribution in [0.4, 0.5) is 5.82 Å². The van der Waals surface area contributed by atoms with Crippen LogP contribution < -0.4 is 4.90 Å². The molecule has 2 aliphatic heterocycles. The standard InChI is InChI=1S/C15H17N5O3/c21-12-7-19(6-9-3-1-2-4-20(9)12)14-10-5-11(15(22)23)18-13(10)16-8-17-14/h5,8-9H,1-4,6-7H2,(H,22,23)(H,16,17,18). The van der Waals surface area contributed by atoms with Gasteiger partial charge in [-0.2, -0.15) is 0 Å². The van der Waals surface area contributed by atoms with Crippen LogP contribution in [0.2, 0.25) is 0 Å². The van der Waals surface area contributed by atoms with Gasteiger partial charge in [0, 0.05) is 19.1 Å². The number of fused-ring (bicyclic) bond motifs is 2. The van der Waals surface area contributed by atoms with E-state index in [4.69, 9.17) is 5.11 Å². The van der Waals surface area contributed by atoms with E-state index in [1.807, 2.05) is 9.80 Å². The molecule has 120 valence electrons. The second-order valence-corrected chi connectivity index (χ2v) is 6.06. The zero-order valence-electron chi connectivity index (χ0n) is 12.5. The summed E-state index contributed by atoms with van der Waals surface area (Å²) in [6.45, 7) is 1.84. The number of aromatic carboxylic acids is 1. The number of piperazine rings is 1. The lowest BCUT2D eigenvalue weighted by Crippen LogP contribution is -2.58. The molecule has 0 radical (unpaired) electrons. The lowest BCUT2D eigenvalue weighted by atomic mass is 9.99. The number of aromatic nitrogens is 3. The Hall–Kier alpha value is -2.64. The number of carbonyl (C=O) groups is 2. The van der Waals surface area contributed by atoms with Crippen LogP contribution in [0.5, 0.6) is 0 Å². The molecule has 2 aromatic heterocycles. The van der Waals surface area contributed by atoms with Gasteiger partial charge in [-0.1, -0.05) is 0 Å². The highest BCUT2D eigenvalue weighted by atomic mass is 16.4. The van der Waals surface area contributed by atoms with Crippen molar-refractivity contribution in [3.63, 3.8) is 0 Å². The highest BCUT2D eigenvalue weighted by Gasteiger charge is 2.35. The second kappa shape index (κ2) is 5.22. The minimum atomic E-state index is -1.04. The molecular formula is C15H17N5O3. The number of carbonyl (C=O) groups excluding carboxylic acids is 1. The first kappa shape index (κ1) is 14.0. The van der Waals surface area contributed by atoms with Crippen molar-refractivity contribution >= 4 is 28.7 Å². The highest BCUT2D eigenvalue weighted by molar-refractivity contribution is 5.97. The molecule has 2 N–H and O–H groups in total. The summed E-state index contributed by atoms with van der Waals surface area (Å²) in [7, 11) is 0. The van der Waals surface area contributed by atoms with Gasteiger partial charge < -0.3 is 19.9 Å². The quantitative estimate of drug-likeness (QED) is 0.852. The molecule has 23 heavy (non-hydrogen) atoms. The van der Waals surface area contributed by atoms with Gasteiger partial charge in [0.25, 0.3) is 0 Å². The summed E-state index contributed by atoms with van der Waals surface area (Å²) in [4.78, 5) is 38.6. The fourth-order valence-corrected chi connectivity index (χ4v) is 3.55. The summed E-state index contributed by atoms with van der Waals surface area (Å²) in [5.74, 6) is -0.304. The highest BCUT2D eigenvalue weighted by Crippen LogP contribution is 2.29. The van der Waals surface area contributed by atoms with Gasteiger partial charge in [-0.15, -0.1) is 0 Å². The van der Waals surface area contributed by atoms with Crippen LogP contribution in [0.15, 0.2) is 12.4 Å². The molecule has 8 heteroatoms. The van der Waals surface area contributed by atoms with Crippen LogP contribution in [0.1, 0.15) is 29.8 Å². The molecule has 1 atom stereocenters. The van der Waals surface area contributed by atoms with Gasteiger partial charge in [0.1, 0.15) is 23.5 Å². The van der Waals surface area contributed by atoms with Gasteiger partial charge in [-0.05, 0) is 25.3 Å². The third kappa shape index (κ3) is 2.30. The number of hydrogen-bond acceptors (Lipinski definition) is 5. The number of nitrogens with one attached hydrogen (secondary N) is 1. The molecule has 0 saturated carbocycles. The summed E-state index contributed by atoms with van der Waals surface area (Å²) in [6.07, 6.45) is 4.61. The van der Waals surface area contributed by atoms with Crippen molar-refractivity contribution in [2.75, 3.05) is 24.5 Å². The van der Waals surface area contributed by atoms with E-state index in [0.717, 1.165) is 32.4 Å². The fourth-order valence-electron chi connectivity index (χ4n) is 3.55. The first-order valence-corrected chi connectivity index (χ1v) is 7.75. The van der Waals surface area contributed by atoms with Crippen molar-refractivity contribution in [3.8, 4) is 0 Å². The Labute approximate surface area is 132 Å². The van der Waals surface area contributed by atoms with E-state index in [1.54, 1.807) is 0 Å². The van der Waals surface area contributed by atoms with Crippen LogP contribution in [0.25, 0.3) is 11.0 Å². The van der Waals surface area contributed by atoms with Crippen LogP contribution in [0, 0.1) is 0 Å². The smallest absolute Gasteiger partial charge is 0.352 e. The number of carboxylic acid groups (broad SMARTS) is 1. The largest absolute Gasteiger partial charge is 0.477 e. The Kier molecular flexibility index (Phi) is 3.17. The average molecular weight is 315 g/mol. The van der Waals surface area contributed by atoms with Crippen molar-refractivity contribution < 1.29 is 14.7 Å². The Morgan fingerprint density at radius 3 is 3.04 bits per heavy atom. The van der Waals surface area contributed by atoms with Crippen LogP contribution >= 0.6 is 0 Å². The summed E-state index contributed by atoms with van der Waals surface area (Å²) >= 11 is 0. The van der Waals surface area contributed by atoms with E-state index < -0.39 is 5.97 Å². The van der Waals surface area contributed by atoms with Gasteiger partial charge in [0.15, 0.2) is 0 Å². The van der Waals surface area contributed by atoms with Crippen molar-refractivity contribution in [2.24, 2.45) is 0 Å². The number of piperidine rings is 1. The number of amides is 1. The van der Waals surface area contributed by atoms with Crippen LogP contribution in [-0.4, -0.2) is 62.5 Å². The molecule has 0 bridgehead atoms. The first-order valence-electron chi connectivity index (χ1n) is 7.75. The average Bonchev–Trinajstić information content (AvgIpc) is 2.99. The fraction of sp³-hybridized carbons (Fsp3) is 0.467. The van der Waals surface area contributed by atoms with Gasteiger partial charge in [0.2, 0.25) is 5.91 Å². The molecule has 2 aliphatic rings. The first-order chi connectivity index (χ1) is 11.1. The number of nitrogens with zero attached hydrogens (tertiary/aromatic N) is 4. The van der Waals surface area contributed by atoms with Crippen LogP contribution in [-0.2, 0) is 4.79 Å². The number of rotatable bonds is 2. The third-order valence-electron chi connectivity index (χ3n) is 4.64. The molecular weight excluding hydrogens is 298 g/mol. The lowest BCUT2D eigenvalue weighted by Gasteiger charge is -2.44. The van der Waals surface area contributed by atoms with E-state index in [0.29, 0.717) is 16.9 Å². The number of aromatic amines is 1. The summed E-state index contributed by atoms with van der Waals surface area (Å²) in [5.41, 5.74) is 0.551. The SMILES string of the molecule is O=C(O)c1cc2c(N3CC(=O)N4CCCCC4C3)ncnc2[nH]1. The summed E-state index contributed by atoms with van der Waals surface area (Å²) in [6, 6.07) is 1.75. The summed E-state index contributed by atoms with van der Waals surface area (Å²) in [5, 5.41) is 9.77. The van der Waals surface area contributed by atoms with Gasteiger partial charge >= 0.3 is 5.97 Å². The Balaban J connectivity index is 1.71. The Morgan fingerprint density at radius 1 is 1.35 bits per heavy atom. The second-order valence-electron chi connectivity index (χ2n) is 6.06. The minimum absolute atomic E-state index is 0.0735. The van der Waals surface area contributed by atoms with Crippen molar-refractivity contribution in [1.82, 2.24) is 19.9 Å². The predicted molar refractivity (Wildman–Crippen MR) is 82.4 cm³/mol. The Morgan fingerprint density at radius 2 is 2.22 bits per heavy atom. The number of hydrogen-bond donors (Lipinski definition) is 2. The zero-order valence-corrected chi connectivity index (χ0v) is 12.5. The van der Waals surface area contributed by atoms with E-state index in [2.05, 4.69) is 15.0 Å².